The van der Waals surface area contributed by atoms with E-state index in [1.165, 1.54) is 10.9 Å². The summed E-state index contributed by atoms with van der Waals surface area (Å²) in [5.41, 5.74) is 4.61. The van der Waals surface area contributed by atoms with Gasteiger partial charge in [-0.1, -0.05) is 85.8 Å². The number of nitrogens with zero attached hydrogens (tertiary/aromatic N) is 1. The third-order valence-electron chi connectivity index (χ3n) is 6.59. The first-order chi connectivity index (χ1) is 18.2. The summed E-state index contributed by atoms with van der Waals surface area (Å²) in [6.45, 7) is 3.52. The van der Waals surface area contributed by atoms with E-state index in [4.69, 9.17) is 4.74 Å². The van der Waals surface area contributed by atoms with E-state index < -0.39 is 0 Å². The largest absolute Gasteiger partial charge is 0.457 e. The summed E-state index contributed by atoms with van der Waals surface area (Å²) < 4.78 is 8.43. The first-order valence-corrected chi connectivity index (χ1v) is 12.9. The molecule has 186 valence electrons. The Hall–Kier alpha value is -4.31. The molecular formula is C33H32N2O2. The lowest BCUT2D eigenvalue weighted by Crippen LogP contribution is -2.26. The molecule has 4 aromatic carbocycles. The van der Waals surface area contributed by atoms with Gasteiger partial charge in [-0.2, -0.15) is 0 Å². The Bertz CT molecular complexity index is 1460. The van der Waals surface area contributed by atoms with Crippen LogP contribution >= 0.6 is 0 Å². The average molecular weight is 489 g/mol. The number of ether oxygens (including phenoxy) is 1. The van der Waals surface area contributed by atoms with Crippen molar-refractivity contribution in [1.29, 1.82) is 0 Å². The van der Waals surface area contributed by atoms with Crippen LogP contribution in [0.25, 0.3) is 10.9 Å². The second kappa shape index (κ2) is 11.6. The van der Waals surface area contributed by atoms with Crippen molar-refractivity contribution in [2.75, 3.05) is 6.54 Å². The zero-order valence-corrected chi connectivity index (χ0v) is 21.1. The molecule has 1 atom stereocenters. The van der Waals surface area contributed by atoms with E-state index in [2.05, 4.69) is 83.7 Å². The van der Waals surface area contributed by atoms with Crippen LogP contribution in [0.15, 0.2) is 115 Å². The molecule has 0 aliphatic heterocycles. The molecule has 1 amide bonds. The molecule has 0 fully saturated rings. The Balaban J connectivity index is 1.55. The molecule has 1 heterocycles. The van der Waals surface area contributed by atoms with Crippen molar-refractivity contribution in [3.8, 4) is 11.5 Å². The van der Waals surface area contributed by atoms with E-state index in [9.17, 15) is 4.79 Å². The summed E-state index contributed by atoms with van der Waals surface area (Å²) in [6, 6.07) is 36.8. The second-order valence-corrected chi connectivity index (χ2v) is 9.31. The van der Waals surface area contributed by atoms with Gasteiger partial charge in [-0.3, -0.25) is 4.79 Å². The molecule has 37 heavy (non-hydrogen) atoms. The van der Waals surface area contributed by atoms with E-state index >= 15 is 0 Å². The average Bonchev–Trinajstić information content (AvgIpc) is 3.30. The lowest BCUT2D eigenvalue weighted by molar-refractivity contribution is -0.121. The molecule has 0 aliphatic carbocycles. The number of aromatic nitrogens is 1. The quantitative estimate of drug-likeness (QED) is 0.221. The van der Waals surface area contributed by atoms with Crippen LogP contribution < -0.4 is 10.1 Å². The predicted octanol–water partition coefficient (Wildman–Crippen LogP) is 7.53. The maximum absolute atomic E-state index is 13.0. The smallest absolute Gasteiger partial charge is 0.220 e. The number of nitrogens with one attached hydrogen (secondary N) is 1. The van der Waals surface area contributed by atoms with Crippen LogP contribution in [0, 0.1) is 0 Å². The number of carbonyl (C=O) groups is 1. The number of hydrogen-bond acceptors (Lipinski definition) is 2. The zero-order chi connectivity index (χ0) is 25.5. The van der Waals surface area contributed by atoms with Crippen molar-refractivity contribution in [3.05, 3.63) is 132 Å². The molecule has 1 N–H and O–H groups in total. The predicted molar refractivity (Wildman–Crippen MR) is 150 cm³/mol. The number of hydrogen-bond donors (Lipinski definition) is 1. The van der Waals surface area contributed by atoms with Crippen molar-refractivity contribution < 1.29 is 9.53 Å². The zero-order valence-electron chi connectivity index (χ0n) is 21.1. The van der Waals surface area contributed by atoms with Gasteiger partial charge in [0.15, 0.2) is 0 Å². The molecule has 4 heteroatoms. The molecule has 0 saturated heterocycles. The molecule has 0 aliphatic rings. The summed E-state index contributed by atoms with van der Waals surface area (Å²) in [5, 5.41) is 4.24. The maximum Gasteiger partial charge on any atom is 0.220 e. The maximum atomic E-state index is 13.0. The van der Waals surface area contributed by atoms with Gasteiger partial charge in [-0.25, -0.2) is 0 Å². The topological polar surface area (TPSA) is 43.3 Å². The standard InChI is InChI=1S/C33H32N2O2/c1-2-20-34-33(36)22-30(26-14-11-17-28(21-26)37-27-15-7-4-8-16-27)31-24-35(23-25-12-5-3-6-13-25)32-19-10-9-18-29(31)32/h3-19,21,24,30H,2,20,22-23H2,1H3,(H,34,36)/t30-/m1/s1. The Morgan fingerprint density at radius 1 is 0.838 bits per heavy atom. The number of rotatable bonds is 10. The summed E-state index contributed by atoms with van der Waals surface area (Å²) in [7, 11) is 0. The van der Waals surface area contributed by atoms with Crippen LogP contribution in [0.4, 0.5) is 0 Å². The minimum atomic E-state index is -0.113. The monoisotopic (exact) mass is 488 g/mol. The SMILES string of the molecule is CCCNC(=O)C[C@H](c1cccc(Oc2ccccc2)c1)c1cn(Cc2ccccc2)c2ccccc12. The van der Waals surface area contributed by atoms with Gasteiger partial charge in [0.1, 0.15) is 11.5 Å². The molecular weight excluding hydrogens is 456 g/mol. The highest BCUT2D eigenvalue weighted by atomic mass is 16.5. The number of carbonyl (C=O) groups excluding carboxylic acids is 1. The fraction of sp³-hybridized carbons (Fsp3) is 0.182. The van der Waals surface area contributed by atoms with Crippen LogP contribution in [0.1, 0.15) is 42.4 Å². The van der Waals surface area contributed by atoms with E-state index in [1.807, 2.05) is 48.5 Å². The highest BCUT2D eigenvalue weighted by Crippen LogP contribution is 2.37. The van der Waals surface area contributed by atoms with Crippen molar-refractivity contribution in [1.82, 2.24) is 9.88 Å². The van der Waals surface area contributed by atoms with Gasteiger partial charge in [0, 0.05) is 42.5 Å². The molecule has 5 rings (SSSR count). The highest BCUT2D eigenvalue weighted by Gasteiger charge is 2.23. The Kier molecular flexibility index (Phi) is 7.66. The molecule has 0 spiro atoms. The van der Waals surface area contributed by atoms with E-state index in [-0.39, 0.29) is 11.8 Å². The summed E-state index contributed by atoms with van der Waals surface area (Å²) in [6.07, 6.45) is 3.50. The van der Waals surface area contributed by atoms with E-state index in [0.29, 0.717) is 13.0 Å². The molecule has 1 aromatic heterocycles. The summed E-state index contributed by atoms with van der Waals surface area (Å²) in [4.78, 5) is 13.0. The number of amides is 1. The number of benzene rings is 4. The normalized spacial score (nSPS) is 11.8. The van der Waals surface area contributed by atoms with Crippen LogP contribution in [0.3, 0.4) is 0 Å². The minimum absolute atomic E-state index is 0.0566. The summed E-state index contributed by atoms with van der Waals surface area (Å²) in [5.74, 6) is 1.49. The lowest BCUT2D eigenvalue weighted by atomic mass is 9.88. The van der Waals surface area contributed by atoms with Gasteiger partial charge < -0.3 is 14.6 Å². The second-order valence-electron chi connectivity index (χ2n) is 9.31. The van der Waals surface area contributed by atoms with Gasteiger partial charge in [-0.05, 0) is 53.4 Å². The van der Waals surface area contributed by atoms with Gasteiger partial charge in [0.05, 0.1) is 0 Å². The lowest BCUT2D eigenvalue weighted by Gasteiger charge is -2.18. The number of para-hydroxylation sites is 2. The van der Waals surface area contributed by atoms with Crippen LogP contribution in [-0.2, 0) is 11.3 Å². The van der Waals surface area contributed by atoms with Gasteiger partial charge >= 0.3 is 0 Å². The van der Waals surface area contributed by atoms with Crippen molar-refractivity contribution >= 4 is 16.8 Å². The van der Waals surface area contributed by atoms with Gasteiger partial charge in [0.25, 0.3) is 0 Å². The van der Waals surface area contributed by atoms with Crippen molar-refractivity contribution in [2.24, 2.45) is 0 Å². The molecule has 4 nitrogen and oxygen atoms in total. The van der Waals surface area contributed by atoms with Crippen LogP contribution in [0.5, 0.6) is 11.5 Å². The number of fused-ring (bicyclic) bond motifs is 1. The first kappa shape index (κ1) is 24.4. The minimum Gasteiger partial charge on any atom is -0.457 e. The Morgan fingerprint density at radius 3 is 2.32 bits per heavy atom. The molecule has 0 radical (unpaired) electrons. The van der Waals surface area contributed by atoms with Gasteiger partial charge in [0.2, 0.25) is 5.91 Å². The fourth-order valence-corrected chi connectivity index (χ4v) is 4.81. The highest BCUT2D eigenvalue weighted by molar-refractivity contribution is 5.87. The molecule has 0 bridgehead atoms. The van der Waals surface area contributed by atoms with E-state index in [1.54, 1.807) is 0 Å². The third kappa shape index (κ3) is 5.92. The van der Waals surface area contributed by atoms with Crippen molar-refractivity contribution in [2.45, 2.75) is 32.2 Å². The Morgan fingerprint density at radius 2 is 1.54 bits per heavy atom. The third-order valence-corrected chi connectivity index (χ3v) is 6.59. The first-order valence-electron chi connectivity index (χ1n) is 12.9. The van der Waals surface area contributed by atoms with Gasteiger partial charge in [-0.15, -0.1) is 0 Å². The molecule has 5 aromatic rings. The fourth-order valence-electron chi connectivity index (χ4n) is 4.81. The Labute approximate surface area is 218 Å². The molecule has 0 unspecified atom stereocenters. The molecule has 0 saturated carbocycles. The van der Waals surface area contributed by atoms with Crippen LogP contribution in [0.2, 0.25) is 0 Å². The summed E-state index contributed by atoms with van der Waals surface area (Å²) >= 11 is 0. The van der Waals surface area contributed by atoms with Crippen molar-refractivity contribution in [3.63, 3.8) is 0 Å². The van der Waals surface area contributed by atoms with E-state index in [0.717, 1.165) is 41.1 Å². The van der Waals surface area contributed by atoms with Crippen LogP contribution in [-0.4, -0.2) is 17.0 Å².